The van der Waals surface area contributed by atoms with Gasteiger partial charge in [-0.2, -0.15) is 5.10 Å². The highest BCUT2D eigenvalue weighted by Crippen LogP contribution is 2.08. The Morgan fingerprint density at radius 1 is 1.58 bits per heavy atom. The number of aromatic nitrogens is 3. The molecule has 0 saturated carbocycles. The molecule has 2 rings (SSSR count). The smallest absolute Gasteiger partial charge is 0.146 e. The first-order valence-corrected chi connectivity index (χ1v) is 3.53. The molecule has 0 aromatic carbocycles. The Hall–Kier alpha value is -1.78. The van der Waals surface area contributed by atoms with Crippen molar-refractivity contribution in [3.05, 3.63) is 24.2 Å². The summed E-state index contributed by atoms with van der Waals surface area (Å²) < 4.78 is 3.57. The third-order valence-electron chi connectivity index (χ3n) is 1.82. The van der Waals surface area contributed by atoms with Crippen molar-refractivity contribution in [1.29, 1.82) is 5.41 Å². The van der Waals surface area contributed by atoms with E-state index in [9.17, 15) is 0 Å². The Morgan fingerprint density at radius 2 is 2.33 bits per heavy atom. The van der Waals surface area contributed by atoms with Crippen LogP contribution in [0.15, 0.2) is 18.6 Å². The maximum Gasteiger partial charge on any atom is 0.146 e. The topological polar surface area (TPSA) is 72.1 Å². The van der Waals surface area contributed by atoms with Crippen molar-refractivity contribution in [1.82, 2.24) is 14.2 Å². The highest BCUT2D eigenvalue weighted by molar-refractivity contribution is 6.00. The largest absolute Gasteiger partial charge is 0.384 e. The highest BCUT2D eigenvalue weighted by Gasteiger charge is 2.08. The van der Waals surface area contributed by atoms with Gasteiger partial charge in [0.2, 0.25) is 0 Å². The average Bonchev–Trinajstić information content (AvgIpc) is 2.53. The van der Waals surface area contributed by atoms with Gasteiger partial charge < -0.3 is 10.3 Å². The second-order valence-electron chi connectivity index (χ2n) is 2.65. The molecular formula is C7H9N5. The van der Waals surface area contributed by atoms with Gasteiger partial charge in [0.1, 0.15) is 11.5 Å². The zero-order valence-corrected chi connectivity index (χ0v) is 6.65. The van der Waals surface area contributed by atoms with E-state index in [1.165, 1.54) is 0 Å². The highest BCUT2D eigenvalue weighted by atomic mass is 15.3. The Kier molecular flexibility index (Phi) is 1.21. The lowest BCUT2D eigenvalue weighted by Gasteiger charge is -1.94. The van der Waals surface area contributed by atoms with E-state index in [1.807, 2.05) is 24.0 Å². The summed E-state index contributed by atoms with van der Waals surface area (Å²) in [5.41, 5.74) is 6.89. The summed E-state index contributed by atoms with van der Waals surface area (Å²) in [6.07, 6.45) is 5.29. The van der Waals surface area contributed by atoms with Gasteiger partial charge in [-0.05, 0) is 0 Å². The fraction of sp³-hybridized carbons (Fsp3) is 0.143. The number of nitrogens with zero attached hydrogens (tertiary/aromatic N) is 3. The third-order valence-corrected chi connectivity index (χ3v) is 1.82. The van der Waals surface area contributed by atoms with E-state index in [0.717, 1.165) is 5.65 Å². The maximum absolute atomic E-state index is 7.28. The standard InChI is InChI=1S/C7H9N5/c1-11-2-3-12-7(11)5(4-10-12)6(8)9/h2-4H,1H3,(H3,8,9). The van der Waals surface area contributed by atoms with E-state index >= 15 is 0 Å². The van der Waals surface area contributed by atoms with Gasteiger partial charge in [0.25, 0.3) is 0 Å². The summed E-state index contributed by atoms with van der Waals surface area (Å²) in [4.78, 5) is 0. The second kappa shape index (κ2) is 2.10. The molecule has 0 unspecified atom stereocenters. The normalized spacial score (nSPS) is 10.8. The van der Waals surface area contributed by atoms with Crippen molar-refractivity contribution in [2.24, 2.45) is 12.8 Å². The predicted octanol–water partition coefficient (Wildman–Crippen LogP) is -0.0431. The quantitative estimate of drug-likeness (QED) is 0.457. The zero-order valence-electron chi connectivity index (χ0n) is 6.65. The van der Waals surface area contributed by atoms with Crippen molar-refractivity contribution in [3.8, 4) is 0 Å². The summed E-state index contributed by atoms with van der Waals surface area (Å²) in [5.74, 6) is 0.0480. The van der Waals surface area contributed by atoms with E-state index in [1.54, 1.807) is 10.7 Å². The molecule has 0 aliphatic heterocycles. The lowest BCUT2D eigenvalue weighted by Crippen LogP contribution is -2.11. The first-order chi connectivity index (χ1) is 5.70. The van der Waals surface area contributed by atoms with Gasteiger partial charge in [0.05, 0.1) is 11.8 Å². The Balaban J connectivity index is 2.83. The molecule has 2 aromatic heterocycles. The summed E-state index contributed by atoms with van der Waals surface area (Å²) in [6, 6.07) is 0. The first-order valence-electron chi connectivity index (χ1n) is 3.53. The van der Waals surface area contributed by atoms with Crippen molar-refractivity contribution >= 4 is 11.5 Å². The van der Waals surface area contributed by atoms with Gasteiger partial charge in [-0.25, -0.2) is 4.52 Å². The average molecular weight is 163 g/mol. The van der Waals surface area contributed by atoms with E-state index in [-0.39, 0.29) is 5.84 Å². The molecule has 3 N–H and O–H groups in total. The van der Waals surface area contributed by atoms with Crippen molar-refractivity contribution < 1.29 is 0 Å². The number of hydrogen-bond donors (Lipinski definition) is 2. The minimum Gasteiger partial charge on any atom is -0.384 e. The molecule has 12 heavy (non-hydrogen) atoms. The monoisotopic (exact) mass is 163 g/mol. The van der Waals surface area contributed by atoms with Crippen LogP contribution in [0.2, 0.25) is 0 Å². The maximum atomic E-state index is 7.28. The molecular weight excluding hydrogens is 154 g/mol. The molecule has 0 fully saturated rings. The van der Waals surface area contributed by atoms with Crippen molar-refractivity contribution in [2.75, 3.05) is 0 Å². The van der Waals surface area contributed by atoms with Crippen LogP contribution in [0.4, 0.5) is 0 Å². The Labute approximate surface area is 68.9 Å². The van der Waals surface area contributed by atoms with Gasteiger partial charge in [-0.15, -0.1) is 0 Å². The lowest BCUT2D eigenvalue weighted by atomic mass is 10.3. The number of aryl methyl sites for hydroxylation is 1. The SMILES string of the molecule is Cn1ccn2ncc(C(=N)N)c12. The van der Waals surface area contributed by atoms with Gasteiger partial charge in [0, 0.05) is 19.4 Å². The van der Waals surface area contributed by atoms with Gasteiger partial charge >= 0.3 is 0 Å². The molecule has 0 spiro atoms. The molecule has 0 bridgehead atoms. The minimum absolute atomic E-state index is 0.0480. The number of nitrogens with one attached hydrogen (secondary N) is 1. The third kappa shape index (κ3) is 0.730. The molecule has 5 nitrogen and oxygen atoms in total. The van der Waals surface area contributed by atoms with Crippen LogP contribution >= 0.6 is 0 Å². The second-order valence-corrected chi connectivity index (χ2v) is 2.65. The first kappa shape index (κ1) is 6.90. The molecule has 0 amide bonds. The van der Waals surface area contributed by atoms with Crippen LogP contribution < -0.4 is 5.73 Å². The van der Waals surface area contributed by atoms with Crippen molar-refractivity contribution in [3.63, 3.8) is 0 Å². The predicted molar refractivity (Wildman–Crippen MR) is 45.2 cm³/mol. The zero-order chi connectivity index (χ0) is 8.72. The fourth-order valence-corrected chi connectivity index (χ4v) is 1.24. The van der Waals surface area contributed by atoms with Crippen molar-refractivity contribution in [2.45, 2.75) is 0 Å². The van der Waals surface area contributed by atoms with E-state index in [4.69, 9.17) is 11.1 Å². The molecule has 0 atom stereocenters. The summed E-state index contributed by atoms with van der Waals surface area (Å²) in [5, 5.41) is 11.3. The molecule has 2 heterocycles. The number of fused-ring (bicyclic) bond motifs is 1. The van der Waals surface area contributed by atoms with Gasteiger partial charge in [0.15, 0.2) is 0 Å². The summed E-state index contributed by atoms with van der Waals surface area (Å²) in [6.45, 7) is 0. The van der Waals surface area contributed by atoms with Crippen LogP contribution in [0.1, 0.15) is 5.56 Å². The molecule has 0 aliphatic carbocycles. The van der Waals surface area contributed by atoms with Crippen LogP contribution in [0.3, 0.4) is 0 Å². The van der Waals surface area contributed by atoms with Gasteiger partial charge in [-0.1, -0.05) is 0 Å². The van der Waals surface area contributed by atoms with Crippen LogP contribution in [0, 0.1) is 5.41 Å². The number of imidazole rings is 1. The molecule has 0 aliphatic rings. The Bertz CT molecular complexity index is 436. The summed E-state index contributed by atoms with van der Waals surface area (Å²) >= 11 is 0. The number of hydrogen-bond acceptors (Lipinski definition) is 2. The fourth-order valence-electron chi connectivity index (χ4n) is 1.24. The number of nitrogen functional groups attached to an aromatic ring is 1. The Morgan fingerprint density at radius 3 is 3.00 bits per heavy atom. The minimum atomic E-state index is 0.0480. The van der Waals surface area contributed by atoms with E-state index in [2.05, 4.69) is 5.10 Å². The summed E-state index contributed by atoms with van der Waals surface area (Å²) in [7, 11) is 1.89. The van der Waals surface area contributed by atoms with Crippen LogP contribution in [0.25, 0.3) is 5.65 Å². The van der Waals surface area contributed by atoms with Gasteiger partial charge in [-0.3, -0.25) is 5.41 Å². The number of amidine groups is 1. The number of nitrogens with two attached hydrogens (primary N) is 1. The van der Waals surface area contributed by atoms with E-state index < -0.39 is 0 Å². The van der Waals surface area contributed by atoms with Crippen LogP contribution in [0.5, 0.6) is 0 Å². The number of rotatable bonds is 1. The molecule has 62 valence electrons. The lowest BCUT2D eigenvalue weighted by molar-refractivity contribution is 0.928. The van der Waals surface area contributed by atoms with Crippen LogP contribution in [-0.2, 0) is 7.05 Å². The molecule has 5 heteroatoms. The van der Waals surface area contributed by atoms with Crippen LogP contribution in [-0.4, -0.2) is 20.0 Å². The van der Waals surface area contributed by atoms with E-state index in [0.29, 0.717) is 5.56 Å². The molecule has 0 saturated heterocycles. The molecule has 2 aromatic rings. The molecule has 0 radical (unpaired) electrons.